The molecule has 0 bridgehead atoms. The van der Waals surface area contributed by atoms with Gasteiger partial charge in [0.05, 0.1) is 62.2 Å². The maximum absolute atomic E-state index is 12.6. The number of Topliss-reactive ketones (excluding diaryl/α,β-unsaturated/α-hetero) is 4. The molecule has 5 atom stereocenters. The number of thioether (sulfide) groups is 4. The van der Waals surface area contributed by atoms with Gasteiger partial charge in [0.1, 0.15) is 0 Å². The number of methoxy groups -OCH3 is 1. The molecule has 5 amide bonds. The molecule has 0 fully saturated rings. The maximum Gasteiger partial charge on any atom is 0.338 e. The van der Waals surface area contributed by atoms with Gasteiger partial charge in [0.15, 0.2) is 50.0 Å². The third-order valence-corrected chi connectivity index (χ3v) is 25.0. The number of carbonyl (C=O) groups is 14. The topological polar surface area (TPSA) is 449 Å². The summed E-state index contributed by atoms with van der Waals surface area (Å²) in [6.07, 6.45) is 13.0. The number of para-hydroxylation sites is 2. The van der Waals surface area contributed by atoms with Crippen LogP contribution in [-0.2, 0) is 62.0 Å². The van der Waals surface area contributed by atoms with E-state index in [-0.39, 0.29) is 91.0 Å². The summed E-state index contributed by atoms with van der Waals surface area (Å²) in [7, 11) is 0.283. The van der Waals surface area contributed by atoms with Crippen LogP contribution < -0.4 is 58.3 Å². The van der Waals surface area contributed by atoms with Gasteiger partial charge in [0, 0.05) is 90.4 Å². The predicted molar refractivity (Wildman–Crippen MR) is 532 cm³/mol. The van der Waals surface area contributed by atoms with Crippen LogP contribution in [0.3, 0.4) is 0 Å². The number of amides is 5. The van der Waals surface area contributed by atoms with Crippen molar-refractivity contribution in [2.24, 2.45) is 15.3 Å². The monoisotopic (exact) mass is 1930 g/mol. The molecule has 0 saturated carbocycles. The molecule has 0 aromatic heterocycles. The maximum atomic E-state index is 12.6. The summed E-state index contributed by atoms with van der Waals surface area (Å²) in [4.78, 5) is 166. The van der Waals surface area contributed by atoms with E-state index in [1.54, 1.807) is 84.7 Å². The smallest absolute Gasteiger partial charge is 0.338 e. The van der Waals surface area contributed by atoms with Gasteiger partial charge in [0.25, 0.3) is 29.5 Å². The second-order valence-corrected chi connectivity index (χ2v) is 37.2. The fourth-order valence-electron chi connectivity index (χ4n) is 11.7. The Bertz CT molecular complexity index is 4900. The van der Waals surface area contributed by atoms with E-state index in [0.717, 1.165) is 75.2 Å². The van der Waals surface area contributed by atoms with Crippen molar-refractivity contribution in [1.82, 2.24) is 37.5 Å². The van der Waals surface area contributed by atoms with E-state index in [9.17, 15) is 67.1 Å². The minimum atomic E-state index is -0.802. The average molecular weight is 1930 g/mol. The number of anilines is 2. The minimum absolute atomic E-state index is 0.00258. The summed E-state index contributed by atoms with van der Waals surface area (Å²) >= 11 is 4.67. The van der Waals surface area contributed by atoms with Crippen molar-refractivity contribution in [3.8, 4) is 0 Å². The molecule has 2 aliphatic heterocycles. The number of hydrazine groups is 2. The van der Waals surface area contributed by atoms with E-state index in [4.69, 9.17) is 34.3 Å². The molecular formula is C93H124N14O19P2S4. The van der Waals surface area contributed by atoms with Crippen LogP contribution in [0.5, 0.6) is 0 Å². The van der Waals surface area contributed by atoms with E-state index < -0.39 is 60.7 Å². The van der Waals surface area contributed by atoms with Crippen molar-refractivity contribution in [3.63, 3.8) is 0 Å². The van der Waals surface area contributed by atoms with Crippen molar-refractivity contribution in [1.29, 1.82) is 0 Å². The normalized spacial score (nSPS) is 12.8. The van der Waals surface area contributed by atoms with Crippen LogP contribution in [0.25, 0.3) is 10.4 Å². The Kier molecular flexibility index (Phi) is 56.0. The number of azide groups is 1. The van der Waals surface area contributed by atoms with Gasteiger partial charge in [-0.2, -0.15) is 15.8 Å². The van der Waals surface area contributed by atoms with Gasteiger partial charge in [0.2, 0.25) is 0 Å². The van der Waals surface area contributed by atoms with Gasteiger partial charge in [-0.15, -0.1) is 58.7 Å². The van der Waals surface area contributed by atoms with Crippen LogP contribution in [-0.4, -0.2) is 246 Å². The molecule has 0 spiro atoms. The number of nitrogens with zero attached hydrogens (tertiary/aromatic N) is 7. The van der Waals surface area contributed by atoms with Crippen LogP contribution in [0.2, 0.25) is 0 Å². The number of nitrogens with one attached hydrogen (secondary N) is 7. The zero-order valence-corrected chi connectivity index (χ0v) is 83.0. The fraction of sp³-hybridized carbons (Fsp3) is 0.419. The Morgan fingerprint density at radius 2 is 0.917 bits per heavy atom. The SMILES string of the molecule is C=CCCOC(=O)C(SC)C(C)=O.CCCNC(=O)c1ccc(C2=NN(c3ccccc3)C(CCOC(=O)C(SC)C(C)=O)C2)cc1.CCCNC(=O)c1ccc(C2=NNN(c3ccccc3)N2)cc1.CCNC(=O)c1ccc(C(=O)NCCCOC(=O)C(SC)C(C)=O)c(P(C)C)c1.CCNC(=O)c1ccc(C(=O)OC)c(P(C)C)c1.CSC(C(C)=O)C(=O)OCCCN=[N+]=[N-]. The summed E-state index contributed by atoms with van der Waals surface area (Å²) in [5, 5.41) is 28.9. The largest absolute Gasteiger partial charge is 0.465 e. The van der Waals surface area contributed by atoms with E-state index in [1.165, 1.54) is 58.3 Å². The van der Waals surface area contributed by atoms with Crippen molar-refractivity contribution in [3.05, 3.63) is 213 Å². The Morgan fingerprint density at radius 1 is 0.515 bits per heavy atom. The lowest BCUT2D eigenvalue weighted by molar-refractivity contribution is -0.146. The van der Waals surface area contributed by atoms with Gasteiger partial charge in [-0.3, -0.25) is 72.8 Å². The van der Waals surface area contributed by atoms with E-state index in [0.29, 0.717) is 111 Å². The van der Waals surface area contributed by atoms with Crippen molar-refractivity contribution in [2.75, 3.05) is 135 Å². The molecule has 8 rings (SSSR count). The van der Waals surface area contributed by atoms with Crippen LogP contribution >= 0.6 is 62.9 Å². The van der Waals surface area contributed by atoms with Gasteiger partial charge in [-0.25, -0.2) is 4.79 Å². The predicted octanol–water partition coefficient (Wildman–Crippen LogP) is 12.4. The molecule has 2 aliphatic rings. The molecule has 0 saturated heterocycles. The second kappa shape index (κ2) is 64.4. The first-order valence-corrected chi connectivity index (χ1v) is 51.9. The first kappa shape index (κ1) is 115. The highest BCUT2D eigenvalue weighted by atomic mass is 32.2. The molecule has 0 radical (unpaired) electrons. The molecule has 39 heteroatoms. The third kappa shape index (κ3) is 40.3. The number of esters is 5. The van der Waals surface area contributed by atoms with Gasteiger partial charge in [-0.05, 0) is 232 Å². The summed E-state index contributed by atoms with van der Waals surface area (Å²) in [6.45, 7) is 28.8. The number of hydrogen-bond donors (Lipinski definition) is 7. The number of benzene rings is 6. The van der Waals surface area contributed by atoms with Crippen LogP contribution in [0.1, 0.15) is 174 Å². The number of rotatable bonds is 44. The molecule has 6 aromatic rings. The Labute approximate surface area is 792 Å². The van der Waals surface area contributed by atoms with Gasteiger partial charge < -0.3 is 50.3 Å². The molecule has 7 N–H and O–H groups in total. The quantitative estimate of drug-likeness (QED) is 0.00215. The lowest BCUT2D eigenvalue weighted by Gasteiger charge is -2.23. The number of hydrazone groups is 2. The molecule has 0 aliphatic carbocycles. The van der Waals surface area contributed by atoms with Crippen LogP contribution in [0, 0.1) is 0 Å². The average Bonchev–Trinajstić information content (AvgIpc) is 1.54. The Morgan fingerprint density at radius 3 is 1.33 bits per heavy atom. The van der Waals surface area contributed by atoms with Crippen LogP contribution in [0.4, 0.5) is 11.4 Å². The van der Waals surface area contributed by atoms with Gasteiger partial charge >= 0.3 is 29.8 Å². The molecule has 714 valence electrons. The second-order valence-electron chi connectivity index (χ2n) is 28.9. The molecule has 2 heterocycles. The van der Waals surface area contributed by atoms with E-state index in [1.807, 2.05) is 156 Å². The zero-order chi connectivity index (χ0) is 98.2. The number of hydrogen-bond acceptors (Lipinski definition) is 30. The highest BCUT2D eigenvalue weighted by Gasteiger charge is 2.32. The lowest BCUT2D eigenvalue weighted by atomic mass is 10.0. The number of ketones is 4. The highest BCUT2D eigenvalue weighted by Crippen LogP contribution is 2.31. The highest BCUT2D eigenvalue weighted by molar-refractivity contribution is 8.01. The Hall–Kier alpha value is -11.5. The number of amidine groups is 1. The molecule has 33 nitrogen and oxygen atoms in total. The van der Waals surface area contributed by atoms with Crippen molar-refractivity contribution in [2.45, 2.75) is 127 Å². The molecule has 132 heavy (non-hydrogen) atoms. The molecular weight excluding hydrogens is 1810 g/mol. The summed E-state index contributed by atoms with van der Waals surface area (Å²) in [6, 6.07) is 44.7. The summed E-state index contributed by atoms with van der Waals surface area (Å²) in [5.74, 6) is -3.17. The Balaban J connectivity index is 0.000000421. The standard InChI is InChI=1S/C26H31N3O4S.C20H29N2O5PS.C17H19N5O.C13H18NO3P.C9H14O3S.C8H13N3O3S/c1-4-15-27-25(31)20-12-10-19(11-13-20)23-17-22(29(28-23)21-8-6-5-7-9-21)14-16-33-26(32)24(34-3)18(2)30;1-6-21-18(24)14-8-9-15(16(12-14)28(3)4)19(25)22-10-7-11-27-20(26)17(29-5)13(2)23;1-2-12-18-17(23)14-10-8-13(9-11-14)16-19-21-22(20-16)15-6-4-3-5-7-15;1-5-14-12(15)9-6-7-10(13(16)17-2)11(8-9)18(3)4;1-4-5-6-12-9(11)8(13-3)7(2)10;1-6(12)7(15-2)8(13)14-5-3-4-10-11-9/h5-13,22,24H,4,14-17H2,1-3H3,(H,27,31);8-9,12,17H,6-7,10-11H2,1-5H3,(H,21,24)(H,22,25);3-11,21H,2,12H2,1H3,(H,18,23)(H,19,20);6-8H,5H2,1-4H3,(H,14,15);4,8H,1,5-6H2,2-3H3;7H,3-5H2,1-2H3. The van der Waals surface area contributed by atoms with Crippen LogP contribution in [0.15, 0.2) is 174 Å². The first-order valence-electron chi connectivity index (χ1n) is 42.3. The third-order valence-electron chi connectivity index (χ3n) is 18.4. The van der Waals surface area contributed by atoms with Crippen molar-refractivity contribution >= 4 is 179 Å². The number of carbonyl (C=O) groups excluding carboxylic acids is 14. The minimum Gasteiger partial charge on any atom is -0.465 e. The number of ether oxygens (including phenoxy) is 5. The van der Waals surface area contributed by atoms with Crippen molar-refractivity contribution < 1.29 is 90.8 Å². The van der Waals surface area contributed by atoms with E-state index in [2.05, 4.69) is 59.3 Å². The lowest BCUT2D eigenvalue weighted by Crippen LogP contribution is -2.41. The molecule has 6 aromatic carbocycles. The summed E-state index contributed by atoms with van der Waals surface area (Å²) in [5.41, 5.74) is 22.2. The zero-order valence-electron chi connectivity index (χ0n) is 78.0. The van der Waals surface area contributed by atoms with Gasteiger partial charge in [-0.1, -0.05) is 102 Å². The summed E-state index contributed by atoms with van der Waals surface area (Å²) < 4.78 is 24.9. The van der Waals surface area contributed by atoms with E-state index >= 15 is 0 Å². The fourth-order valence-corrected chi connectivity index (χ4v) is 16.2. The first-order chi connectivity index (χ1) is 63.2. The molecule has 5 unspecified atom stereocenters.